The van der Waals surface area contributed by atoms with Gasteiger partial charge in [-0.05, 0) is 56.9 Å². The van der Waals surface area contributed by atoms with Crippen molar-refractivity contribution in [2.24, 2.45) is 0 Å². The fraction of sp³-hybridized carbons (Fsp3) is 0.364. The van der Waals surface area contributed by atoms with Crippen molar-refractivity contribution in [2.45, 2.75) is 44.3 Å². The molecule has 3 heterocycles. The van der Waals surface area contributed by atoms with Gasteiger partial charge in [-0.25, -0.2) is 0 Å². The molecule has 7 heteroatoms. The van der Waals surface area contributed by atoms with Gasteiger partial charge >= 0.3 is 0 Å². The molecule has 0 radical (unpaired) electrons. The highest BCUT2D eigenvalue weighted by Crippen LogP contribution is 2.29. The number of carbonyl (C=O) groups is 1. The van der Waals surface area contributed by atoms with E-state index in [-0.39, 0.29) is 5.91 Å². The molecule has 1 aliphatic heterocycles. The summed E-state index contributed by atoms with van der Waals surface area (Å²) < 4.78 is 2.03. The molecule has 1 saturated heterocycles. The quantitative estimate of drug-likeness (QED) is 0.595. The van der Waals surface area contributed by atoms with Crippen LogP contribution in [-0.2, 0) is 4.79 Å². The van der Waals surface area contributed by atoms with Crippen molar-refractivity contribution in [3.63, 3.8) is 0 Å². The second-order valence-corrected chi connectivity index (χ2v) is 8.33. The van der Waals surface area contributed by atoms with Crippen LogP contribution in [0.5, 0.6) is 0 Å². The first-order valence-corrected chi connectivity index (χ1v) is 11.0. The van der Waals surface area contributed by atoms with Crippen LogP contribution in [0, 0.1) is 6.92 Å². The number of nitrogens with zero attached hydrogens (tertiary/aromatic N) is 5. The first kappa shape index (κ1) is 19.6. The van der Waals surface area contributed by atoms with Crippen molar-refractivity contribution in [3.05, 3.63) is 54.4 Å². The first-order valence-electron chi connectivity index (χ1n) is 9.99. The number of amides is 1. The van der Waals surface area contributed by atoms with E-state index in [1.54, 1.807) is 12.4 Å². The van der Waals surface area contributed by atoms with Crippen LogP contribution in [-0.4, -0.2) is 48.9 Å². The van der Waals surface area contributed by atoms with Crippen LogP contribution in [0.4, 0.5) is 0 Å². The number of thioether (sulfide) groups is 1. The van der Waals surface area contributed by atoms with Gasteiger partial charge in [-0.1, -0.05) is 30.0 Å². The highest BCUT2D eigenvalue weighted by molar-refractivity contribution is 7.99. The molecule has 0 N–H and O–H groups in total. The molecule has 1 atom stereocenters. The van der Waals surface area contributed by atoms with E-state index >= 15 is 0 Å². The minimum absolute atomic E-state index is 0.171. The number of piperidine rings is 1. The molecule has 2 aromatic heterocycles. The first-order chi connectivity index (χ1) is 14.1. The highest BCUT2D eigenvalue weighted by Gasteiger charge is 2.24. The molecule has 3 aromatic rings. The molecular weight excluding hydrogens is 382 g/mol. The highest BCUT2D eigenvalue weighted by atomic mass is 32.2. The van der Waals surface area contributed by atoms with Gasteiger partial charge in [0, 0.05) is 30.5 Å². The number of aryl methyl sites for hydroxylation is 1. The molecule has 0 spiro atoms. The maximum atomic E-state index is 12.8. The Hall–Kier alpha value is -2.67. The van der Waals surface area contributed by atoms with Gasteiger partial charge in [-0.15, -0.1) is 10.2 Å². The number of hydrogen-bond acceptors (Lipinski definition) is 5. The fourth-order valence-corrected chi connectivity index (χ4v) is 4.59. The smallest absolute Gasteiger partial charge is 0.233 e. The lowest BCUT2D eigenvalue weighted by Crippen LogP contribution is -2.42. The number of rotatable bonds is 5. The molecule has 150 valence electrons. The Balaban J connectivity index is 1.64. The maximum absolute atomic E-state index is 12.8. The standard InChI is InChI=1S/C22H25N5OS/c1-16-8-3-4-11-19(16)27-21(18-10-7-12-23-14-18)24-25-22(27)29-15-20(28)26-13-6-5-9-17(26)2/h3-4,7-8,10-12,14,17H,5-6,9,13,15H2,1-2H3. The Morgan fingerprint density at radius 3 is 2.79 bits per heavy atom. The van der Waals surface area contributed by atoms with E-state index in [1.807, 2.05) is 33.7 Å². The topological polar surface area (TPSA) is 63.9 Å². The zero-order valence-electron chi connectivity index (χ0n) is 16.8. The van der Waals surface area contributed by atoms with Crippen LogP contribution < -0.4 is 0 Å². The number of likely N-dealkylation sites (tertiary alicyclic amines) is 1. The fourth-order valence-electron chi connectivity index (χ4n) is 3.75. The minimum Gasteiger partial charge on any atom is -0.339 e. The van der Waals surface area contributed by atoms with Gasteiger partial charge in [-0.2, -0.15) is 0 Å². The second-order valence-electron chi connectivity index (χ2n) is 7.39. The number of aromatic nitrogens is 4. The number of hydrogen-bond donors (Lipinski definition) is 0. The predicted molar refractivity (Wildman–Crippen MR) is 115 cm³/mol. The molecule has 1 amide bonds. The van der Waals surface area contributed by atoms with Crippen molar-refractivity contribution >= 4 is 17.7 Å². The summed E-state index contributed by atoms with van der Waals surface area (Å²) in [6.07, 6.45) is 6.90. The average Bonchev–Trinajstić information content (AvgIpc) is 3.17. The molecule has 6 nitrogen and oxygen atoms in total. The van der Waals surface area contributed by atoms with E-state index < -0.39 is 0 Å². The lowest BCUT2D eigenvalue weighted by atomic mass is 10.0. The molecular formula is C22H25N5OS. The summed E-state index contributed by atoms with van der Waals surface area (Å²) >= 11 is 1.45. The third-order valence-corrected chi connectivity index (χ3v) is 6.27. The Bertz CT molecular complexity index is 988. The summed E-state index contributed by atoms with van der Waals surface area (Å²) in [6.45, 7) is 5.06. The Morgan fingerprint density at radius 2 is 2.03 bits per heavy atom. The van der Waals surface area contributed by atoms with E-state index in [4.69, 9.17) is 0 Å². The summed E-state index contributed by atoms with van der Waals surface area (Å²) in [5.41, 5.74) is 3.03. The molecule has 1 fully saturated rings. The second kappa shape index (κ2) is 8.78. The van der Waals surface area contributed by atoms with Gasteiger partial charge in [0.1, 0.15) is 0 Å². The lowest BCUT2D eigenvalue weighted by Gasteiger charge is -2.33. The molecule has 29 heavy (non-hydrogen) atoms. The van der Waals surface area contributed by atoms with E-state index in [0.29, 0.717) is 11.8 Å². The molecule has 4 rings (SSSR count). The van der Waals surface area contributed by atoms with E-state index in [0.717, 1.165) is 47.2 Å². The normalized spacial score (nSPS) is 16.8. The van der Waals surface area contributed by atoms with Gasteiger partial charge in [-0.3, -0.25) is 14.3 Å². The van der Waals surface area contributed by atoms with Crippen molar-refractivity contribution < 1.29 is 4.79 Å². The van der Waals surface area contributed by atoms with Crippen molar-refractivity contribution in [1.29, 1.82) is 0 Å². The summed E-state index contributed by atoms with van der Waals surface area (Å²) in [5, 5.41) is 9.58. The Kier molecular flexibility index (Phi) is 5.94. The van der Waals surface area contributed by atoms with Crippen LogP contribution in [0.15, 0.2) is 53.9 Å². The van der Waals surface area contributed by atoms with Gasteiger partial charge in [0.25, 0.3) is 0 Å². The molecule has 0 bridgehead atoms. The summed E-state index contributed by atoms with van der Waals surface area (Å²) in [5.74, 6) is 1.26. The van der Waals surface area contributed by atoms with Gasteiger partial charge < -0.3 is 4.90 Å². The molecule has 0 saturated carbocycles. The maximum Gasteiger partial charge on any atom is 0.233 e. The van der Waals surface area contributed by atoms with Crippen molar-refractivity contribution in [3.8, 4) is 17.1 Å². The van der Waals surface area contributed by atoms with Crippen LogP contribution >= 0.6 is 11.8 Å². The van der Waals surface area contributed by atoms with Gasteiger partial charge in [0.05, 0.1) is 11.4 Å². The van der Waals surface area contributed by atoms with Crippen LogP contribution in [0.25, 0.3) is 17.1 Å². The van der Waals surface area contributed by atoms with Gasteiger partial charge in [0.15, 0.2) is 11.0 Å². The van der Waals surface area contributed by atoms with E-state index in [2.05, 4.69) is 41.2 Å². The summed E-state index contributed by atoms with van der Waals surface area (Å²) in [4.78, 5) is 19.0. The van der Waals surface area contributed by atoms with Crippen molar-refractivity contribution in [1.82, 2.24) is 24.6 Å². The number of pyridine rings is 1. The molecule has 1 aromatic carbocycles. The third-order valence-electron chi connectivity index (χ3n) is 5.36. The molecule has 0 aliphatic carbocycles. The molecule has 1 aliphatic rings. The Morgan fingerprint density at radius 1 is 1.17 bits per heavy atom. The average molecular weight is 408 g/mol. The third kappa shape index (κ3) is 4.19. The zero-order valence-corrected chi connectivity index (χ0v) is 17.6. The predicted octanol–water partition coefficient (Wildman–Crippen LogP) is 4.13. The monoisotopic (exact) mass is 407 g/mol. The summed E-state index contributed by atoms with van der Waals surface area (Å²) in [6, 6.07) is 12.3. The number of para-hydroxylation sites is 1. The lowest BCUT2D eigenvalue weighted by molar-refractivity contribution is -0.131. The van der Waals surface area contributed by atoms with Gasteiger partial charge in [0.2, 0.25) is 5.91 Å². The number of carbonyl (C=O) groups excluding carboxylic acids is 1. The van der Waals surface area contributed by atoms with Crippen LogP contribution in [0.2, 0.25) is 0 Å². The van der Waals surface area contributed by atoms with E-state index in [9.17, 15) is 4.79 Å². The minimum atomic E-state index is 0.171. The molecule has 1 unspecified atom stereocenters. The van der Waals surface area contributed by atoms with Crippen molar-refractivity contribution in [2.75, 3.05) is 12.3 Å². The van der Waals surface area contributed by atoms with Crippen LogP contribution in [0.3, 0.4) is 0 Å². The van der Waals surface area contributed by atoms with E-state index in [1.165, 1.54) is 18.2 Å². The van der Waals surface area contributed by atoms with Crippen LogP contribution in [0.1, 0.15) is 31.7 Å². The summed E-state index contributed by atoms with van der Waals surface area (Å²) in [7, 11) is 0. The number of benzene rings is 1. The Labute approximate surface area is 175 Å². The zero-order chi connectivity index (χ0) is 20.2. The SMILES string of the molecule is Cc1ccccc1-n1c(SCC(=O)N2CCCCC2C)nnc1-c1cccnc1. The largest absolute Gasteiger partial charge is 0.339 e.